The van der Waals surface area contributed by atoms with Gasteiger partial charge in [-0.2, -0.15) is 4.31 Å². The maximum Gasteiger partial charge on any atom is 0.325 e. The second kappa shape index (κ2) is 8.09. The summed E-state index contributed by atoms with van der Waals surface area (Å²) in [6.45, 7) is 0.150. The standard InChI is InChI=1S/C17H20N4O7S/c1-27-13-6-5-10(8-14(13)28-2)29(25,26)21-7-3-4-12(21)16(23)19-11-9-18-17(24)20-15(11)22/h5-6,8-9,12H,3-4,7H2,1-2H3,(H,19,23)(H2,18,20,22,24). The zero-order valence-electron chi connectivity index (χ0n) is 15.7. The largest absolute Gasteiger partial charge is 0.493 e. The van der Waals surface area contributed by atoms with Crippen molar-refractivity contribution in [2.45, 2.75) is 23.8 Å². The normalized spacial score (nSPS) is 17.1. The first-order chi connectivity index (χ1) is 13.8. The number of benzene rings is 1. The minimum absolute atomic E-state index is 0.0447. The van der Waals surface area contributed by atoms with Crippen molar-refractivity contribution in [2.75, 3.05) is 26.1 Å². The molecule has 0 saturated carbocycles. The van der Waals surface area contributed by atoms with Crippen LogP contribution in [-0.4, -0.2) is 55.4 Å². The first-order valence-electron chi connectivity index (χ1n) is 8.64. The van der Waals surface area contributed by atoms with Gasteiger partial charge in [0.1, 0.15) is 11.7 Å². The third kappa shape index (κ3) is 4.03. The number of ether oxygens (including phenoxy) is 2. The lowest BCUT2D eigenvalue weighted by Gasteiger charge is -2.23. The molecule has 3 rings (SSSR count). The smallest absolute Gasteiger partial charge is 0.325 e. The van der Waals surface area contributed by atoms with E-state index in [1.807, 2.05) is 4.98 Å². The first-order valence-corrected chi connectivity index (χ1v) is 10.1. The van der Waals surface area contributed by atoms with Crippen molar-refractivity contribution in [2.24, 2.45) is 0 Å². The molecule has 11 nitrogen and oxygen atoms in total. The van der Waals surface area contributed by atoms with Crippen molar-refractivity contribution >= 4 is 21.6 Å². The lowest BCUT2D eigenvalue weighted by Crippen LogP contribution is -2.43. The van der Waals surface area contributed by atoms with Gasteiger partial charge in [0.2, 0.25) is 15.9 Å². The molecule has 1 aliphatic heterocycles. The maximum atomic E-state index is 13.1. The van der Waals surface area contributed by atoms with Crippen molar-refractivity contribution in [1.82, 2.24) is 14.3 Å². The molecule has 1 aromatic carbocycles. The molecule has 12 heteroatoms. The summed E-state index contributed by atoms with van der Waals surface area (Å²) in [5, 5.41) is 2.37. The average molecular weight is 424 g/mol. The fourth-order valence-corrected chi connectivity index (χ4v) is 4.79. The topological polar surface area (TPSA) is 151 Å². The number of amides is 1. The summed E-state index contributed by atoms with van der Waals surface area (Å²) < 4.78 is 37.6. The molecule has 1 aliphatic rings. The third-order valence-electron chi connectivity index (χ3n) is 4.55. The minimum atomic E-state index is -4.01. The molecular formula is C17H20N4O7S. The number of H-pyrrole nitrogens is 2. The van der Waals surface area contributed by atoms with Crippen LogP contribution in [-0.2, 0) is 14.8 Å². The summed E-state index contributed by atoms with van der Waals surface area (Å²) in [6, 6.07) is 3.17. The van der Waals surface area contributed by atoms with Crippen LogP contribution in [0.4, 0.5) is 5.69 Å². The molecule has 2 heterocycles. The van der Waals surface area contributed by atoms with Crippen molar-refractivity contribution in [3.8, 4) is 11.5 Å². The summed E-state index contributed by atoms with van der Waals surface area (Å²) in [5.41, 5.74) is -1.68. The molecular weight excluding hydrogens is 404 g/mol. The molecule has 1 aromatic heterocycles. The van der Waals surface area contributed by atoms with Gasteiger partial charge < -0.3 is 19.8 Å². The summed E-state index contributed by atoms with van der Waals surface area (Å²) in [4.78, 5) is 39.7. The zero-order valence-corrected chi connectivity index (χ0v) is 16.5. The van der Waals surface area contributed by atoms with Crippen molar-refractivity contribution in [1.29, 1.82) is 0 Å². The highest BCUT2D eigenvalue weighted by Crippen LogP contribution is 2.33. The number of carbonyl (C=O) groups excluding carboxylic acids is 1. The Balaban J connectivity index is 1.88. The molecule has 156 valence electrons. The third-order valence-corrected chi connectivity index (χ3v) is 6.45. The predicted octanol–water partition coefficient (Wildman–Crippen LogP) is -0.128. The number of hydrogen-bond donors (Lipinski definition) is 3. The van der Waals surface area contributed by atoms with E-state index in [4.69, 9.17) is 9.47 Å². The van der Waals surface area contributed by atoms with E-state index < -0.39 is 33.2 Å². The lowest BCUT2D eigenvalue weighted by molar-refractivity contribution is -0.119. The van der Waals surface area contributed by atoms with E-state index in [9.17, 15) is 22.8 Å². The van der Waals surface area contributed by atoms with E-state index in [1.54, 1.807) is 0 Å². The lowest BCUT2D eigenvalue weighted by atomic mass is 10.2. The van der Waals surface area contributed by atoms with Crippen molar-refractivity contribution in [3.63, 3.8) is 0 Å². The van der Waals surface area contributed by atoms with E-state index in [2.05, 4.69) is 10.3 Å². The molecule has 1 fully saturated rings. The number of nitrogens with one attached hydrogen (secondary N) is 3. The number of sulfonamides is 1. The Morgan fingerprint density at radius 3 is 2.59 bits per heavy atom. The Morgan fingerprint density at radius 1 is 1.21 bits per heavy atom. The van der Waals surface area contributed by atoms with Gasteiger partial charge >= 0.3 is 5.69 Å². The van der Waals surface area contributed by atoms with Crippen LogP contribution < -0.4 is 26.0 Å². The Morgan fingerprint density at radius 2 is 1.93 bits per heavy atom. The Bertz CT molecular complexity index is 1140. The molecule has 29 heavy (non-hydrogen) atoms. The maximum absolute atomic E-state index is 13.1. The molecule has 3 N–H and O–H groups in total. The molecule has 0 aliphatic carbocycles. The second-order valence-corrected chi connectivity index (χ2v) is 8.16. The second-order valence-electron chi connectivity index (χ2n) is 6.27. The van der Waals surface area contributed by atoms with Gasteiger partial charge in [-0.25, -0.2) is 13.2 Å². The number of hydrogen-bond acceptors (Lipinski definition) is 7. The summed E-state index contributed by atoms with van der Waals surface area (Å²) in [5.74, 6) is -0.0443. The molecule has 0 bridgehead atoms. The molecule has 1 unspecified atom stereocenters. The summed E-state index contributed by atoms with van der Waals surface area (Å²) >= 11 is 0. The number of aromatic nitrogens is 2. The van der Waals surface area contributed by atoms with Crippen LogP contribution in [0.25, 0.3) is 0 Å². The van der Waals surface area contributed by atoms with Crippen LogP contribution >= 0.6 is 0 Å². The van der Waals surface area contributed by atoms with Crippen LogP contribution in [0.2, 0.25) is 0 Å². The van der Waals surface area contributed by atoms with Gasteiger partial charge in [-0.3, -0.25) is 14.6 Å². The Hall–Kier alpha value is -3.12. The van der Waals surface area contributed by atoms with Gasteiger partial charge in [-0.1, -0.05) is 0 Å². The number of anilines is 1. The monoisotopic (exact) mass is 424 g/mol. The van der Waals surface area contributed by atoms with E-state index in [0.29, 0.717) is 18.6 Å². The number of nitrogens with zero attached hydrogens (tertiary/aromatic N) is 1. The van der Waals surface area contributed by atoms with Gasteiger partial charge in [-0.15, -0.1) is 0 Å². The van der Waals surface area contributed by atoms with Gasteiger partial charge in [0.15, 0.2) is 11.5 Å². The highest BCUT2D eigenvalue weighted by atomic mass is 32.2. The Kier molecular flexibility index (Phi) is 5.75. The van der Waals surface area contributed by atoms with E-state index >= 15 is 0 Å². The molecule has 0 radical (unpaired) electrons. The van der Waals surface area contributed by atoms with E-state index in [0.717, 1.165) is 10.5 Å². The fraction of sp³-hybridized carbons (Fsp3) is 0.353. The van der Waals surface area contributed by atoms with Crippen molar-refractivity contribution in [3.05, 3.63) is 45.2 Å². The first kappa shape index (κ1) is 20.6. The van der Waals surface area contributed by atoms with Crippen molar-refractivity contribution < 1.29 is 22.7 Å². The van der Waals surface area contributed by atoms with Crippen LogP contribution in [0.3, 0.4) is 0 Å². The summed E-state index contributed by atoms with van der Waals surface area (Å²) in [6.07, 6.45) is 1.83. The van der Waals surface area contributed by atoms with Crippen LogP contribution in [0.1, 0.15) is 12.8 Å². The van der Waals surface area contributed by atoms with E-state index in [-0.39, 0.29) is 22.9 Å². The highest BCUT2D eigenvalue weighted by molar-refractivity contribution is 7.89. The molecule has 1 saturated heterocycles. The number of methoxy groups -OCH3 is 2. The van der Waals surface area contributed by atoms with Gasteiger partial charge in [0.25, 0.3) is 5.56 Å². The minimum Gasteiger partial charge on any atom is -0.493 e. The Labute approximate surface area is 165 Å². The number of rotatable bonds is 6. The highest BCUT2D eigenvalue weighted by Gasteiger charge is 2.40. The van der Waals surface area contributed by atoms with Crippen LogP contribution in [0, 0.1) is 0 Å². The SMILES string of the molecule is COc1ccc(S(=O)(=O)N2CCCC2C(=O)Nc2c[nH]c(=O)[nH]c2=O)cc1OC. The van der Waals surface area contributed by atoms with Crippen LogP contribution in [0.15, 0.2) is 38.9 Å². The molecule has 0 spiro atoms. The number of aromatic amines is 2. The predicted molar refractivity (Wildman–Crippen MR) is 103 cm³/mol. The quantitative estimate of drug-likeness (QED) is 0.584. The van der Waals surface area contributed by atoms with Crippen LogP contribution in [0.5, 0.6) is 11.5 Å². The average Bonchev–Trinajstić information content (AvgIpc) is 3.20. The van der Waals surface area contributed by atoms with E-state index in [1.165, 1.54) is 32.4 Å². The summed E-state index contributed by atoms with van der Waals surface area (Å²) in [7, 11) is -1.18. The van der Waals surface area contributed by atoms with Gasteiger partial charge in [-0.05, 0) is 25.0 Å². The molecule has 1 atom stereocenters. The van der Waals surface area contributed by atoms with Gasteiger partial charge in [0, 0.05) is 18.8 Å². The fourth-order valence-electron chi connectivity index (χ4n) is 3.12. The molecule has 2 aromatic rings. The number of carbonyl (C=O) groups is 1. The van der Waals surface area contributed by atoms with Gasteiger partial charge in [0.05, 0.1) is 19.1 Å². The molecule has 1 amide bonds. The zero-order chi connectivity index (χ0) is 21.2.